The molecule has 314 valence electrons. The van der Waals surface area contributed by atoms with Crippen molar-refractivity contribution in [2.24, 2.45) is 0 Å². The number of hydrogen-bond donors (Lipinski definition) is 1. The van der Waals surface area contributed by atoms with Gasteiger partial charge in [-0.15, -0.1) is 0 Å². The first kappa shape index (κ1) is 52.1. The maximum atomic E-state index is 12.6. The van der Waals surface area contributed by atoms with Crippen LogP contribution in [0.2, 0.25) is 0 Å². The van der Waals surface area contributed by atoms with Gasteiger partial charge in [-0.25, -0.2) is 9.24 Å². The van der Waals surface area contributed by atoms with Gasteiger partial charge in [0, 0.05) is 20.2 Å². The van der Waals surface area contributed by atoms with Crippen LogP contribution in [0.5, 0.6) is 0 Å². The smallest absolute Gasteiger partial charge is 0.312 e. The summed E-state index contributed by atoms with van der Waals surface area (Å²) in [5.41, 5.74) is 0. The molecule has 52 heavy (non-hydrogen) atoms. The number of unbranched alkanes of at least 4 members (excludes halogenated alkanes) is 40. The van der Waals surface area contributed by atoms with E-state index in [0.717, 1.165) is 25.7 Å². The van der Waals surface area contributed by atoms with Crippen LogP contribution in [0, 0.1) is 0 Å². The van der Waals surface area contributed by atoms with Gasteiger partial charge in [0.2, 0.25) is 0 Å². The predicted octanol–water partition coefficient (Wildman–Crippen LogP) is 17.5. The number of rotatable bonds is 46. The van der Waals surface area contributed by atoms with E-state index in [1.807, 2.05) is 0 Å². The molecule has 0 fully saturated rings. The normalized spacial score (nSPS) is 13.0. The van der Waals surface area contributed by atoms with Gasteiger partial charge in [-0.05, 0) is 12.8 Å². The van der Waals surface area contributed by atoms with Crippen molar-refractivity contribution in [3.8, 4) is 0 Å². The van der Waals surface area contributed by atoms with Crippen molar-refractivity contribution in [3.05, 3.63) is 0 Å². The molecule has 0 rings (SSSR count). The van der Waals surface area contributed by atoms with Gasteiger partial charge < -0.3 is 9.42 Å². The van der Waals surface area contributed by atoms with E-state index in [1.165, 1.54) is 251 Å². The van der Waals surface area contributed by atoms with Gasteiger partial charge >= 0.3 is 7.75 Å². The van der Waals surface area contributed by atoms with Crippen LogP contribution >= 0.6 is 7.75 Å². The summed E-state index contributed by atoms with van der Waals surface area (Å²) in [6.45, 7) is 5.96. The van der Waals surface area contributed by atoms with Crippen molar-refractivity contribution in [3.63, 3.8) is 0 Å². The van der Waals surface area contributed by atoms with E-state index in [2.05, 4.69) is 13.8 Å². The van der Waals surface area contributed by atoms with Gasteiger partial charge in [-0.2, -0.15) is 0 Å². The second kappa shape index (κ2) is 43.8. The highest BCUT2D eigenvalue weighted by Crippen LogP contribution is 2.45. The molecule has 0 aromatic heterocycles. The second-order valence-electron chi connectivity index (χ2n) is 16.8. The fourth-order valence-electron chi connectivity index (χ4n) is 7.93. The average molecular weight is 756 g/mol. The SMILES string of the molecule is CCCCCCCCCCCCCCCCCCCCCCCN(CCCCCCCCCCCCCCCCCCCCCCC)P(=O)(O)OC. The second-order valence-corrected chi connectivity index (χ2v) is 18.7. The first-order chi connectivity index (χ1) is 25.6. The quantitative estimate of drug-likeness (QED) is 0.0496. The van der Waals surface area contributed by atoms with Gasteiger partial charge in [-0.1, -0.05) is 271 Å². The molecule has 5 heteroatoms. The highest BCUT2D eigenvalue weighted by atomic mass is 31.2. The summed E-state index contributed by atoms with van der Waals surface area (Å²) in [7, 11) is -2.26. The minimum Gasteiger partial charge on any atom is -0.312 e. The molecule has 0 aliphatic carbocycles. The average Bonchev–Trinajstić information content (AvgIpc) is 3.15. The molecule has 0 aromatic rings. The Kier molecular flexibility index (Phi) is 43.9. The van der Waals surface area contributed by atoms with E-state index in [0.29, 0.717) is 13.1 Å². The molecule has 1 unspecified atom stereocenters. The minimum atomic E-state index is -3.64. The molecule has 0 amide bonds. The molecular weight excluding hydrogens is 657 g/mol. The topological polar surface area (TPSA) is 49.8 Å². The van der Waals surface area contributed by atoms with Crippen LogP contribution in [-0.2, 0) is 9.09 Å². The van der Waals surface area contributed by atoms with Crippen molar-refractivity contribution in [2.45, 2.75) is 284 Å². The predicted molar refractivity (Wildman–Crippen MR) is 234 cm³/mol. The highest BCUT2D eigenvalue weighted by molar-refractivity contribution is 7.50. The third-order valence-corrected chi connectivity index (χ3v) is 13.2. The Balaban J connectivity index is 3.52. The van der Waals surface area contributed by atoms with Gasteiger partial charge in [0.15, 0.2) is 0 Å². The zero-order chi connectivity index (χ0) is 37.9. The van der Waals surface area contributed by atoms with E-state index in [-0.39, 0.29) is 0 Å². The highest BCUT2D eigenvalue weighted by Gasteiger charge is 2.27. The molecule has 0 heterocycles. The molecule has 1 N–H and O–H groups in total. The van der Waals surface area contributed by atoms with E-state index in [4.69, 9.17) is 4.52 Å². The third kappa shape index (κ3) is 39.8. The molecular formula is C47H98NO3P. The van der Waals surface area contributed by atoms with E-state index < -0.39 is 7.75 Å². The Bertz CT molecular complexity index is 658. The largest absolute Gasteiger partial charge is 0.405 e. The Morgan fingerprint density at radius 3 is 0.635 bits per heavy atom. The lowest BCUT2D eigenvalue weighted by Crippen LogP contribution is -2.23. The Morgan fingerprint density at radius 1 is 0.327 bits per heavy atom. The minimum absolute atomic E-state index is 0.680. The summed E-state index contributed by atoms with van der Waals surface area (Å²) in [6.07, 6.45) is 57.9. The lowest BCUT2D eigenvalue weighted by molar-refractivity contribution is 0.230. The van der Waals surface area contributed by atoms with Crippen molar-refractivity contribution < 1.29 is 14.0 Å². The summed E-state index contributed by atoms with van der Waals surface area (Å²) >= 11 is 0. The summed E-state index contributed by atoms with van der Waals surface area (Å²) < 4.78 is 19.4. The van der Waals surface area contributed by atoms with Crippen molar-refractivity contribution in [1.82, 2.24) is 4.67 Å². The summed E-state index contributed by atoms with van der Waals surface area (Å²) in [6, 6.07) is 0. The van der Waals surface area contributed by atoms with Crippen molar-refractivity contribution >= 4 is 7.75 Å². The molecule has 0 radical (unpaired) electrons. The van der Waals surface area contributed by atoms with Crippen LogP contribution < -0.4 is 0 Å². The van der Waals surface area contributed by atoms with Crippen LogP contribution in [-0.4, -0.2) is 29.8 Å². The summed E-state index contributed by atoms with van der Waals surface area (Å²) in [5, 5.41) is 0. The summed E-state index contributed by atoms with van der Waals surface area (Å²) in [5.74, 6) is 0. The van der Waals surface area contributed by atoms with Crippen LogP contribution in [0.1, 0.15) is 284 Å². The van der Waals surface area contributed by atoms with Crippen molar-refractivity contribution in [2.75, 3.05) is 20.2 Å². The monoisotopic (exact) mass is 756 g/mol. The summed E-state index contributed by atoms with van der Waals surface area (Å²) in [4.78, 5) is 10.4. The first-order valence-corrected chi connectivity index (χ1v) is 25.8. The van der Waals surface area contributed by atoms with E-state index in [9.17, 15) is 9.46 Å². The Labute approximate surface area is 329 Å². The van der Waals surface area contributed by atoms with E-state index >= 15 is 0 Å². The Hall–Kier alpha value is 0.110. The fraction of sp³-hybridized carbons (Fsp3) is 1.00. The van der Waals surface area contributed by atoms with Crippen LogP contribution in [0.3, 0.4) is 0 Å². The lowest BCUT2D eigenvalue weighted by atomic mass is 10.0. The molecule has 0 aliphatic heterocycles. The molecule has 0 spiro atoms. The third-order valence-electron chi connectivity index (χ3n) is 11.6. The first-order valence-electron chi connectivity index (χ1n) is 24.2. The van der Waals surface area contributed by atoms with Crippen LogP contribution in [0.4, 0.5) is 0 Å². The molecule has 0 aliphatic rings. The zero-order valence-corrected chi connectivity index (χ0v) is 37.2. The van der Waals surface area contributed by atoms with Crippen molar-refractivity contribution in [1.29, 1.82) is 0 Å². The molecule has 1 atom stereocenters. The lowest BCUT2D eigenvalue weighted by Gasteiger charge is -2.25. The van der Waals surface area contributed by atoms with E-state index in [1.54, 1.807) is 4.67 Å². The maximum absolute atomic E-state index is 12.6. The van der Waals surface area contributed by atoms with Crippen LogP contribution in [0.25, 0.3) is 0 Å². The van der Waals surface area contributed by atoms with Gasteiger partial charge in [0.1, 0.15) is 0 Å². The van der Waals surface area contributed by atoms with Gasteiger partial charge in [0.25, 0.3) is 0 Å². The molecule has 0 saturated heterocycles. The number of hydrogen-bond acceptors (Lipinski definition) is 2. The maximum Gasteiger partial charge on any atom is 0.405 e. The fourth-order valence-corrected chi connectivity index (χ4v) is 8.95. The van der Waals surface area contributed by atoms with Crippen LogP contribution in [0.15, 0.2) is 0 Å². The molecule has 0 saturated carbocycles. The molecule has 4 nitrogen and oxygen atoms in total. The molecule has 0 aromatic carbocycles. The standard InChI is InChI=1S/C47H98NO3P/c1-4-6-8-10-12-14-16-18-20-22-24-26-28-30-32-34-36-38-40-42-44-46-48(52(49,50)51-3)47-45-43-41-39-37-35-33-31-29-27-25-23-21-19-17-15-13-11-9-7-5-2/h4-47H2,1-3H3,(H,49,50). The number of nitrogens with zero attached hydrogens (tertiary/aromatic N) is 1. The molecule has 0 bridgehead atoms. The van der Waals surface area contributed by atoms with Gasteiger partial charge in [0.05, 0.1) is 0 Å². The zero-order valence-electron chi connectivity index (χ0n) is 36.3. The van der Waals surface area contributed by atoms with Gasteiger partial charge in [-0.3, -0.25) is 0 Å². The Morgan fingerprint density at radius 2 is 0.481 bits per heavy atom.